The van der Waals surface area contributed by atoms with Gasteiger partial charge in [0.2, 0.25) is 0 Å². The topological polar surface area (TPSA) is 39.2 Å². The number of benzene rings is 1. The van der Waals surface area contributed by atoms with E-state index in [1.807, 2.05) is 13.0 Å². The zero-order valence-corrected chi connectivity index (χ0v) is 12.3. The minimum Gasteiger partial charge on any atom is -0.458 e. The van der Waals surface area contributed by atoms with Crippen LogP contribution in [0.4, 0.5) is 0 Å². The van der Waals surface area contributed by atoms with Gasteiger partial charge in [0, 0.05) is 6.42 Å². The number of nitrogens with zero attached hydrogens (tertiary/aromatic N) is 1. The van der Waals surface area contributed by atoms with Crippen molar-refractivity contribution >= 4 is 17.3 Å². The molecule has 1 atom stereocenters. The number of aryl methyl sites for hydroxylation is 2. The Morgan fingerprint density at radius 2 is 2.20 bits per heavy atom. The maximum Gasteiger partial charge on any atom is 0.350 e. The Labute approximate surface area is 122 Å². The number of hydrogen-bond donors (Lipinski definition) is 0. The maximum absolute atomic E-state index is 12.1. The van der Waals surface area contributed by atoms with Gasteiger partial charge in [-0.1, -0.05) is 31.2 Å². The zero-order valence-electron chi connectivity index (χ0n) is 11.5. The predicted octanol–water partition coefficient (Wildman–Crippen LogP) is 3.42. The van der Waals surface area contributed by atoms with E-state index in [0.29, 0.717) is 4.88 Å². The van der Waals surface area contributed by atoms with Gasteiger partial charge in [0.1, 0.15) is 11.0 Å². The fraction of sp³-hybridized carbons (Fsp3) is 0.375. The van der Waals surface area contributed by atoms with E-state index >= 15 is 0 Å². The van der Waals surface area contributed by atoms with Crippen LogP contribution in [0.3, 0.4) is 0 Å². The summed E-state index contributed by atoms with van der Waals surface area (Å²) in [5.41, 5.74) is 2.68. The second kappa shape index (κ2) is 5.75. The van der Waals surface area contributed by atoms with Crippen LogP contribution in [-0.4, -0.2) is 17.1 Å². The van der Waals surface area contributed by atoms with Crippen LogP contribution >= 0.6 is 11.3 Å². The highest BCUT2D eigenvalue weighted by atomic mass is 32.1. The second-order valence-corrected chi connectivity index (χ2v) is 6.13. The molecule has 3 rings (SSSR count). The Bertz CT molecular complexity index is 620. The number of hydrogen-bond acceptors (Lipinski definition) is 4. The highest BCUT2D eigenvalue weighted by molar-refractivity contribution is 7.13. The molecular weight excluding hydrogens is 270 g/mol. The molecule has 0 bridgehead atoms. The summed E-state index contributed by atoms with van der Waals surface area (Å²) in [6, 6.07) is 8.38. The lowest BCUT2D eigenvalue weighted by atomic mass is 9.90. The van der Waals surface area contributed by atoms with Crippen LogP contribution in [-0.2, 0) is 24.0 Å². The van der Waals surface area contributed by atoms with Crippen molar-refractivity contribution in [1.29, 1.82) is 0 Å². The van der Waals surface area contributed by atoms with Crippen molar-refractivity contribution in [2.75, 3.05) is 0 Å². The number of fused-ring (bicyclic) bond motifs is 1. The molecule has 1 unspecified atom stereocenters. The molecule has 0 N–H and O–H groups in total. The Morgan fingerprint density at radius 3 is 2.95 bits per heavy atom. The molecule has 1 aromatic heterocycles. The summed E-state index contributed by atoms with van der Waals surface area (Å²) in [6.45, 7) is 2.03. The Kier molecular flexibility index (Phi) is 3.83. The molecule has 104 valence electrons. The van der Waals surface area contributed by atoms with E-state index in [-0.39, 0.29) is 12.1 Å². The van der Waals surface area contributed by atoms with Crippen molar-refractivity contribution in [3.63, 3.8) is 0 Å². The quantitative estimate of drug-likeness (QED) is 0.812. The molecule has 0 saturated heterocycles. The largest absolute Gasteiger partial charge is 0.458 e. The van der Waals surface area contributed by atoms with Crippen LogP contribution in [0.5, 0.6) is 0 Å². The highest BCUT2D eigenvalue weighted by Gasteiger charge is 2.23. The van der Waals surface area contributed by atoms with Gasteiger partial charge >= 0.3 is 5.97 Å². The summed E-state index contributed by atoms with van der Waals surface area (Å²) in [4.78, 5) is 16.9. The fourth-order valence-electron chi connectivity index (χ4n) is 2.54. The number of rotatable bonds is 3. The first kappa shape index (κ1) is 13.3. The van der Waals surface area contributed by atoms with Gasteiger partial charge in [-0.15, -0.1) is 11.3 Å². The Hall–Kier alpha value is -1.68. The predicted molar refractivity (Wildman–Crippen MR) is 79.2 cm³/mol. The lowest BCUT2D eigenvalue weighted by Crippen LogP contribution is -2.25. The third-order valence-electron chi connectivity index (χ3n) is 3.63. The van der Waals surface area contributed by atoms with Crippen LogP contribution in [0.15, 0.2) is 30.5 Å². The van der Waals surface area contributed by atoms with Gasteiger partial charge in [0.25, 0.3) is 0 Å². The standard InChI is InChI=1S/C16H17NO2S/c1-2-15-17-10-14(20-15)16(18)19-13-8-7-11-5-3-4-6-12(11)9-13/h3-6,10,13H,2,7-9H2,1H3. The van der Waals surface area contributed by atoms with Gasteiger partial charge < -0.3 is 4.74 Å². The van der Waals surface area contributed by atoms with Gasteiger partial charge in [-0.2, -0.15) is 0 Å². The third kappa shape index (κ3) is 2.75. The monoisotopic (exact) mass is 287 g/mol. The molecule has 1 aromatic carbocycles. The molecule has 0 amide bonds. The lowest BCUT2D eigenvalue weighted by molar-refractivity contribution is 0.0276. The Morgan fingerprint density at radius 1 is 1.40 bits per heavy atom. The molecule has 1 aliphatic rings. The molecule has 2 aromatic rings. The first-order valence-corrected chi connectivity index (χ1v) is 7.80. The molecule has 1 aliphatic carbocycles. The average molecular weight is 287 g/mol. The number of carbonyl (C=O) groups excluding carboxylic acids is 1. The maximum atomic E-state index is 12.1. The summed E-state index contributed by atoms with van der Waals surface area (Å²) in [5.74, 6) is -0.230. The molecule has 0 spiro atoms. The van der Waals surface area contributed by atoms with Crippen molar-refractivity contribution in [1.82, 2.24) is 4.98 Å². The van der Waals surface area contributed by atoms with E-state index in [1.54, 1.807) is 6.20 Å². The Balaban J connectivity index is 1.66. The summed E-state index contributed by atoms with van der Waals surface area (Å²) >= 11 is 1.43. The second-order valence-electron chi connectivity index (χ2n) is 5.01. The van der Waals surface area contributed by atoms with Crippen LogP contribution in [0.2, 0.25) is 0 Å². The van der Waals surface area contributed by atoms with Crippen LogP contribution in [0.1, 0.15) is 39.2 Å². The summed E-state index contributed by atoms with van der Waals surface area (Å²) < 4.78 is 5.62. The van der Waals surface area contributed by atoms with Gasteiger partial charge in [-0.25, -0.2) is 9.78 Å². The molecule has 3 nitrogen and oxygen atoms in total. The number of carbonyl (C=O) groups is 1. The number of thiazole rings is 1. The molecule has 4 heteroatoms. The van der Waals surface area contributed by atoms with Gasteiger partial charge in [-0.3, -0.25) is 0 Å². The minimum atomic E-state index is -0.230. The van der Waals surface area contributed by atoms with Crippen LogP contribution in [0.25, 0.3) is 0 Å². The molecule has 0 saturated carbocycles. The van der Waals surface area contributed by atoms with E-state index in [2.05, 4.69) is 23.2 Å². The number of aromatic nitrogens is 1. The van der Waals surface area contributed by atoms with Crippen molar-refractivity contribution < 1.29 is 9.53 Å². The molecule has 20 heavy (non-hydrogen) atoms. The third-order valence-corrected chi connectivity index (χ3v) is 4.75. The summed E-state index contributed by atoms with van der Waals surface area (Å²) in [5, 5.41) is 0.978. The molecule has 1 heterocycles. The molecule has 0 aliphatic heterocycles. The zero-order chi connectivity index (χ0) is 13.9. The first-order valence-electron chi connectivity index (χ1n) is 6.98. The molecular formula is C16H17NO2S. The van der Waals surface area contributed by atoms with E-state index in [4.69, 9.17) is 4.74 Å². The first-order chi connectivity index (χ1) is 9.76. The van der Waals surface area contributed by atoms with E-state index < -0.39 is 0 Å². The highest BCUT2D eigenvalue weighted by Crippen LogP contribution is 2.24. The fourth-order valence-corrected chi connectivity index (χ4v) is 3.28. The number of ether oxygens (including phenoxy) is 1. The van der Waals surface area contributed by atoms with E-state index in [9.17, 15) is 4.79 Å². The van der Waals surface area contributed by atoms with Gasteiger partial charge in [0.05, 0.1) is 11.2 Å². The SMILES string of the molecule is CCc1ncc(C(=O)OC2CCc3ccccc3C2)s1. The lowest BCUT2D eigenvalue weighted by Gasteiger charge is -2.24. The smallest absolute Gasteiger partial charge is 0.350 e. The summed E-state index contributed by atoms with van der Waals surface area (Å²) in [6.07, 6.45) is 5.18. The van der Waals surface area contributed by atoms with Gasteiger partial charge in [-0.05, 0) is 30.4 Å². The van der Waals surface area contributed by atoms with Crippen LogP contribution < -0.4 is 0 Å². The van der Waals surface area contributed by atoms with E-state index in [0.717, 1.165) is 30.7 Å². The van der Waals surface area contributed by atoms with Crippen LogP contribution in [0, 0.1) is 0 Å². The molecule has 0 fully saturated rings. The van der Waals surface area contributed by atoms with Gasteiger partial charge in [0.15, 0.2) is 0 Å². The minimum absolute atomic E-state index is 0.00965. The van der Waals surface area contributed by atoms with Crippen molar-refractivity contribution in [3.05, 3.63) is 51.5 Å². The van der Waals surface area contributed by atoms with Crippen molar-refractivity contribution in [2.45, 2.75) is 38.7 Å². The van der Waals surface area contributed by atoms with Crippen molar-refractivity contribution in [2.24, 2.45) is 0 Å². The average Bonchev–Trinajstić information content (AvgIpc) is 2.96. The summed E-state index contributed by atoms with van der Waals surface area (Å²) in [7, 11) is 0. The normalized spacial score (nSPS) is 17.6. The van der Waals surface area contributed by atoms with E-state index in [1.165, 1.54) is 22.5 Å². The van der Waals surface area contributed by atoms with Crippen molar-refractivity contribution in [3.8, 4) is 0 Å². The number of esters is 1. The molecule has 0 radical (unpaired) electrons.